The molecule has 27 heavy (non-hydrogen) atoms. The summed E-state index contributed by atoms with van der Waals surface area (Å²) in [6, 6.07) is 11.9. The first-order chi connectivity index (χ1) is 13.1. The van der Waals surface area contributed by atoms with Gasteiger partial charge in [0.15, 0.2) is 0 Å². The summed E-state index contributed by atoms with van der Waals surface area (Å²) in [5.74, 6) is 0.762. The molecule has 0 aliphatic heterocycles. The molecule has 0 radical (unpaired) electrons. The quantitative estimate of drug-likeness (QED) is 0.497. The highest BCUT2D eigenvalue weighted by Crippen LogP contribution is 2.33. The summed E-state index contributed by atoms with van der Waals surface area (Å²) in [7, 11) is 0. The number of rotatable bonds is 11. The Labute approximate surface area is 163 Å². The van der Waals surface area contributed by atoms with Crippen molar-refractivity contribution in [3.63, 3.8) is 0 Å². The lowest BCUT2D eigenvalue weighted by Crippen LogP contribution is -2.43. The monoisotopic (exact) mass is 371 g/mol. The van der Waals surface area contributed by atoms with Gasteiger partial charge in [0.1, 0.15) is 11.4 Å². The summed E-state index contributed by atoms with van der Waals surface area (Å²) >= 11 is 0. The molecule has 4 nitrogen and oxygen atoms in total. The van der Waals surface area contributed by atoms with Crippen LogP contribution in [0.5, 0.6) is 5.75 Å². The van der Waals surface area contributed by atoms with Gasteiger partial charge in [-0.2, -0.15) is 0 Å². The minimum atomic E-state index is -0.817. The molecule has 1 amide bonds. The summed E-state index contributed by atoms with van der Waals surface area (Å²) in [5.41, 5.74) is -0.0248. The van der Waals surface area contributed by atoms with Crippen molar-refractivity contribution in [3.8, 4) is 5.75 Å². The van der Waals surface area contributed by atoms with E-state index in [1.165, 1.54) is 0 Å². The van der Waals surface area contributed by atoms with Crippen LogP contribution in [0.2, 0.25) is 0 Å². The maximum absolute atomic E-state index is 13.0. The highest BCUT2D eigenvalue weighted by molar-refractivity contribution is 6.06. The first-order valence-corrected chi connectivity index (χ1v) is 10.2. The van der Waals surface area contributed by atoms with Crippen LogP contribution in [-0.4, -0.2) is 24.7 Å². The SMILES string of the molecule is CCCCOc1ccc(NC(=O)C(C)(CCC)OCCC)c2ccccc12. The molecule has 0 heterocycles. The molecular weight excluding hydrogens is 338 g/mol. The van der Waals surface area contributed by atoms with Gasteiger partial charge in [-0.3, -0.25) is 4.79 Å². The minimum absolute atomic E-state index is 0.0948. The van der Waals surface area contributed by atoms with Crippen LogP contribution in [0.4, 0.5) is 5.69 Å². The Morgan fingerprint density at radius 1 is 0.963 bits per heavy atom. The highest BCUT2D eigenvalue weighted by Gasteiger charge is 2.33. The smallest absolute Gasteiger partial charge is 0.256 e. The maximum Gasteiger partial charge on any atom is 0.256 e. The molecule has 0 saturated carbocycles. The summed E-state index contributed by atoms with van der Waals surface area (Å²) in [6.45, 7) is 9.42. The molecule has 4 heteroatoms. The van der Waals surface area contributed by atoms with E-state index in [9.17, 15) is 4.79 Å². The summed E-state index contributed by atoms with van der Waals surface area (Å²) in [5, 5.41) is 5.09. The van der Waals surface area contributed by atoms with Gasteiger partial charge in [0.25, 0.3) is 5.91 Å². The number of carbonyl (C=O) groups excluding carboxylic acids is 1. The van der Waals surface area contributed by atoms with Crippen molar-refractivity contribution < 1.29 is 14.3 Å². The molecule has 0 bridgehead atoms. The molecule has 1 N–H and O–H groups in total. The number of carbonyl (C=O) groups is 1. The van der Waals surface area contributed by atoms with Gasteiger partial charge in [0, 0.05) is 23.1 Å². The van der Waals surface area contributed by atoms with E-state index < -0.39 is 5.60 Å². The maximum atomic E-state index is 13.0. The molecule has 1 atom stereocenters. The number of anilines is 1. The molecular formula is C23H33NO3. The second-order valence-corrected chi connectivity index (χ2v) is 7.14. The number of hydrogen-bond donors (Lipinski definition) is 1. The average molecular weight is 372 g/mol. The van der Waals surface area contributed by atoms with Gasteiger partial charge in [0.2, 0.25) is 0 Å². The highest BCUT2D eigenvalue weighted by atomic mass is 16.5. The first-order valence-electron chi connectivity index (χ1n) is 10.2. The second kappa shape index (κ2) is 10.3. The van der Waals surface area contributed by atoms with Crippen molar-refractivity contribution in [2.45, 2.75) is 65.4 Å². The zero-order chi connectivity index (χ0) is 19.7. The Hall–Kier alpha value is -2.07. The largest absolute Gasteiger partial charge is 0.493 e. The fourth-order valence-corrected chi connectivity index (χ4v) is 3.14. The third kappa shape index (κ3) is 5.46. The summed E-state index contributed by atoms with van der Waals surface area (Å²) in [6.07, 6.45) is 4.59. The Kier molecular flexibility index (Phi) is 8.11. The standard InChI is InChI=1S/C23H33NO3/c1-5-8-17-26-21-14-13-20(18-11-9-10-12-19(18)21)24-22(25)23(4,15-6-2)27-16-7-3/h9-14H,5-8,15-17H2,1-4H3,(H,24,25). The van der Waals surface area contributed by atoms with Crippen LogP contribution in [0.1, 0.15) is 59.8 Å². The van der Waals surface area contributed by atoms with Crippen molar-refractivity contribution in [1.29, 1.82) is 0 Å². The van der Waals surface area contributed by atoms with Crippen molar-refractivity contribution in [1.82, 2.24) is 0 Å². The van der Waals surface area contributed by atoms with E-state index in [2.05, 4.69) is 26.1 Å². The normalized spacial score (nSPS) is 13.3. The van der Waals surface area contributed by atoms with Crippen LogP contribution in [0.15, 0.2) is 36.4 Å². The van der Waals surface area contributed by atoms with E-state index in [-0.39, 0.29) is 5.91 Å². The third-order valence-electron chi connectivity index (χ3n) is 4.72. The van der Waals surface area contributed by atoms with Gasteiger partial charge >= 0.3 is 0 Å². The molecule has 0 fully saturated rings. The zero-order valence-electron chi connectivity index (χ0n) is 17.1. The second-order valence-electron chi connectivity index (χ2n) is 7.14. The summed E-state index contributed by atoms with van der Waals surface area (Å²) < 4.78 is 11.9. The molecule has 2 aromatic carbocycles. The molecule has 0 aromatic heterocycles. The predicted octanol–water partition coefficient (Wildman–Crippen LogP) is 5.94. The van der Waals surface area contributed by atoms with Gasteiger partial charge in [0.05, 0.1) is 6.61 Å². The lowest BCUT2D eigenvalue weighted by Gasteiger charge is -2.28. The van der Waals surface area contributed by atoms with E-state index in [1.807, 2.05) is 43.3 Å². The molecule has 2 aromatic rings. The molecule has 0 saturated heterocycles. The van der Waals surface area contributed by atoms with Crippen molar-refractivity contribution in [2.24, 2.45) is 0 Å². The molecule has 1 unspecified atom stereocenters. The Bertz CT molecular complexity index is 743. The molecule has 2 rings (SSSR count). The van der Waals surface area contributed by atoms with Crippen molar-refractivity contribution in [2.75, 3.05) is 18.5 Å². The number of ether oxygens (including phenoxy) is 2. The summed E-state index contributed by atoms with van der Waals surface area (Å²) in [4.78, 5) is 13.0. The van der Waals surface area contributed by atoms with Crippen molar-refractivity contribution >= 4 is 22.4 Å². The predicted molar refractivity (Wildman–Crippen MR) is 113 cm³/mol. The number of fused-ring (bicyclic) bond motifs is 1. The number of nitrogens with one attached hydrogen (secondary N) is 1. The molecule has 148 valence electrons. The minimum Gasteiger partial charge on any atom is -0.493 e. The molecule has 0 aliphatic carbocycles. The van der Waals surface area contributed by atoms with E-state index in [0.717, 1.165) is 47.9 Å². The fourth-order valence-electron chi connectivity index (χ4n) is 3.14. The number of hydrogen-bond acceptors (Lipinski definition) is 3. The van der Waals surface area contributed by atoms with Gasteiger partial charge in [-0.05, 0) is 38.3 Å². The van der Waals surface area contributed by atoms with Crippen LogP contribution in [0.3, 0.4) is 0 Å². The lowest BCUT2D eigenvalue weighted by atomic mass is 9.98. The van der Waals surface area contributed by atoms with E-state index in [4.69, 9.17) is 9.47 Å². The van der Waals surface area contributed by atoms with Crippen LogP contribution >= 0.6 is 0 Å². The van der Waals surface area contributed by atoms with Crippen LogP contribution in [0, 0.1) is 0 Å². The fraction of sp³-hybridized carbons (Fsp3) is 0.522. The van der Waals surface area contributed by atoms with E-state index in [1.54, 1.807) is 0 Å². The number of benzene rings is 2. The zero-order valence-corrected chi connectivity index (χ0v) is 17.1. The van der Waals surface area contributed by atoms with E-state index >= 15 is 0 Å². The molecule has 0 aliphatic rings. The Balaban J connectivity index is 2.27. The van der Waals surface area contributed by atoms with Crippen LogP contribution in [0.25, 0.3) is 10.8 Å². The Morgan fingerprint density at radius 2 is 1.70 bits per heavy atom. The van der Waals surface area contributed by atoms with Gasteiger partial charge in [-0.15, -0.1) is 0 Å². The van der Waals surface area contributed by atoms with Gasteiger partial charge in [-0.25, -0.2) is 0 Å². The first kappa shape index (κ1) is 21.2. The van der Waals surface area contributed by atoms with E-state index in [0.29, 0.717) is 19.6 Å². The third-order valence-corrected chi connectivity index (χ3v) is 4.72. The molecule has 0 spiro atoms. The average Bonchev–Trinajstić information content (AvgIpc) is 2.68. The van der Waals surface area contributed by atoms with Gasteiger partial charge in [-0.1, -0.05) is 57.9 Å². The number of amides is 1. The van der Waals surface area contributed by atoms with Gasteiger partial charge < -0.3 is 14.8 Å². The van der Waals surface area contributed by atoms with Crippen LogP contribution in [-0.2, 0) is 9.53 Å². The Morgan fingerprint density at radius 3 is 2.37 bits per heavy atom. The topological polar surface area (TPSA) is 47.6 Å². The number of unbranched alkanes of at least 4 members (excludes halogenated alkanes) is 1. The van der Waals surface area contributed by atoms with Crippen molar-refractivity contribution in [3.05, 3.63) is 36.4 Å². The lowest BCUT2D eigenvalue weighted by molar-refractivity contribution is -0.140. The van der Waals surface area contributed by atoms with Crippen LogP contribution < -0.4 is 10.1 Å².